The van der Waals surface area contributed by atoms with Crippen molar-refractivity contribution in [1.82, 2.24) is 14.8 Å². The highest BCUT2D eigenvalue weighted by Crippen LogP contribution is 2.33. The molecule has 0 amide bonds. The first-order valence-corrected chi connectivity index (χ1v) is 8.54. The zero-order chi connectivity index (χ0) is 20.6. The number of hydrogen-bond acceptors (Lipinski definition) is 4. The molecule has 3 aromatic rings. The number of aromatic nitrogens is 3. The van der Waals surface area contributed by atoms with Gasteiger partial charge in [0.15, 0.2) is 11.6 Å². The normalized spacial score (nSPS) is 11.5. The Morgan fingerprint density at radius 2 is 1.79 bits per heavy atom. The van der Waals surface area contributed by atoms with Gasteiger partial charge in [-0.1, -0.05) is 29.3 Å². The van der Waals surface area contributed by atoms with E-state index in [-0.39, 0.29) is 16.6 Å². The van der Waals surface area contributed by atoms with Crippen molar-refractivity contribution in [2.45, 2.75) is 26.9 Å². The Bertz CT molecular complexity index is 1040. The third-order valence-electron chi connectivity index (χ3n) is 4.06. The third kappa shape index (κ3) is 3.87. The summed E-state index contributed by atoms with van der Waals surface area (Å²) in [5, 5.41) is 3.98. The minimum absolute atomic E-state index is 0.00732. The average Bonchev–Trinajstić information content (AvgIpc) is 2.89. The van der Waals surface area contributed by atoms with E-state index in [1.165, 1.54) is 4.68 Å². The van der Waals surface area contributed by atoms with Gasteiger partial charge in [-0.15, -0.1) is 0 Å². The summed E-state index contributed by atoms with van der Waals surface area (Å²) in [4.78, 5) is 16.2. The van der Waals surface area contributed by atoms with Gasteiger partial charge >= 0.3 is 12.1 Å². The van der Waals surface area contributed by atoms with E-state index in [0.29, 0.717) is 23.1 Å². The molecule has 0 fully saturated rings. The van der Waals surface area contributed by atoms with E-state index in [0.717, 1.165) is 11.6 Å². The number of aryl methyl sites for hydroxylation is 2. The van der Waals surface area contributed by atoms with Crippen LogP contribution in [0.25, 0.3) is 5.82 Å². The number of esters is 1. The maximum absolute atomic E-state index is 12.8. The monoisotopic (exact) mass is 409 g/mol. The maximum Gasteiger partial charge on any atom is 0.417 e. The number of hydrogen-bond donors (Lipinski definition) is 0. The van der Waals surface area contributed by atoms with E-state index in [4.69, 9.17) is 16.3 Å². The van der Waals surface area contributed by atoms with Gasteiger partial charge in [-0.25, -0.2) is 14.5 Å². The first-order chi connectivity index (χ1) is 13.1. The number of alkyl halides is 3. The van der Waals surface area contributed by atoms with Crippen LogP contribution in [-0.4, -0.2) is 20.7 Å². The van der Waals surface area contributed by atoms with E-state index < -0.39 is 17.7 Å². The second-order valence-electron chi connectivity index (χ2n) is 6.19. The van der Waals surface area contributed by atoms with Crippen molar-refractivity contribution in [3.63, 3.8) is 0 Å². The standard InChI is InChI=1S/C19H15ClF3N3O2/c1-10-4-6-13(7-5-10)18(27)28-16-11(2)25-26(12(16)3)17-15(20)8-14(9-24-17)19(21,22)23/h4-9H,1-3H3. The van der Waals surface area contributed by atoms with Gasteiger partial charge in [-0.2, -0.15) is 18.3 Å². The summed E-state index contributed by atoms with van der Waals surface area (Å²) in [5.74, 6) is -0.367. The zero-order valence-corrected chi connectivity index (χ0v) is 15.9. The molecule has 0 aliphatic carbocycles. The van der Waals surface area contributed by atoms with Crippen LogP contribution in [0.5, 0.6) is 5.75 Å². The zero-order valence-electron chi connectivity index (χ0n) is 15.1. The summed E-state index contributed by atoms with van der Waals surface area (Å²) in [5.41, 5.74) is 1.15. The van der Waals surface area contributed by atoms with Crippen LogP contribution in [0.3, 0.4) is 0 Å². The number of pyridine rings is 1. The summed E-state index contributed by atoms with van der Waals surface area (Å²) in [7, 11) is 0. The van der Waals surface area contributed by atoms with Crippen LogP contribution in [0.2, 0.25) is 5.02 Å². The number of halogens is 4. The van der Waals surface area contributed by atoms with Crippen molar-refractivity contribution in [3.05, 3.63) is 69.6 Å². The molecule has 0 bridgehead atoms. The molecule has 5 nitrogen and oxygen atoms in total. The Morgan fingerprint density at radius 1 is 1.14 bits per heavy atom. The molecule has 0 spiro atoms. The lowest BCUT2D eigenvalue weighted by atomic mass is 10.1. The predicted molar refractivity (Wildman–Crippen MR) is 97.0 cm³/mol. The van der Waals surface area contributed by atoms with Crippen molar-refractivity contribution in [1.29, 1.82) is 0 Å². The van der Waals surface area contributed by atoms with Gasteiger partial charge in [-0.05, 0) is 39.0 Å². The van der Waals surface area contributed by atoms with E-state index in [1.807, 2.05) is 6.92 Å². The van der Waals surface area contributed by atoms with Crippen LogP contribution in [0.1, 0.15) is 32.9 Å². The lowest BCUT2D eigenvalue weighted by molar-refractivity contribution is -0.137. The lowest BCUT2D eigenvalue weighted by Crippen LogP contribution is -2.10. The van der Waals surface area contributed by atoms with Gasteiger partial charge in [0.1, 0.15) is 5.69 Å². The molecular weight excluding hydrogens is 395 g/mol. The molecular formula is C19H15ClF3N3O2. The Balaban J connectivity index is 1.94. The van der Waals surface area contributed by atoms with Crippen molar-refractivity contribution in [2.24, 2.45) is 0 Å². The SMILES string of the molecule is Cc1ccc(C(=O)Oc2c(C)nn(-c3ncc(C(F)(F)F)cc3Cl)c2C)cc1. The molecule has 0 aliphatic heterocycles. The summed E-state index contributed by atoms with van der Waals surface area (Å²) in [6, 6.07) is 7.62. The molecule has 0 aliphatic rings. The van der Waals surface area contributed by atoms with Crippen LogP contribution >= 0.6 is 11.6 Å². The van der Waals surface area contributed by atoms with Crippen LogP contribution in [-0.2, 0) is 6.18 Å². The molecule has 28 heavy (non-hydrogen) atoms. The van der Waals surface area contributed by atoms with Gasteiger partial charge < -0.3 is 4.74 Å². The largest absolute Gasteiger partial charge is 0.419 e. The number of carbonyl (C=O) groups is 1. The van der Waals surface area contributed by atoms with Gasteiger partial charge in [0.2, 0.25) is 0 Å². The van der Waals surface area contributed by atoms with E-state index in [9.17, 15) is 18.0 Å². The molecule has 2 heterocycles. The summed E-state index contributed by atoms with van der Waals surface area (Å²) in [6.45, 7) is 5.11. The molecule has 0 radical (unpaired) electrons. The predicted octanol–water partition coefficient (Wildman–Crippen LogP) is 5.08. The molecule has 2 aromatic heterocycles. The number of carbonyl (C=O) groups excluding carboxylic acids is 1. The Hall–Kier alpha value is -2.87. The molecule has 0 atom stereocenters. The van der Waals surface area contributed by atoms with Crippen molar-refractivity contribution in [3.8, 4) is 11.6 Å². The first-order valence-electron chi connectivity index (χ1n) is 8.16. The van der Waals surface area contributed by atoms with Gasteiger partial charge in [-0.3, -0.25) is 0 Å². The maximum atomic E-state index is 12.8. The highest BCUT2D eigenvalue weighted by molar-refractivity contribution is 6.32. The lowest BCUT2D eigenvalue weighted by Gasteiger charge is -2.10. The first kappa shape index (κ1) is 19.9. The second kappa shape index (κ2) is 7.27. The van der Waals surface area contributed by atoms with Gasteiger partial charge in [0, 0.05) is 6.20 Å². The molecule has 1 aromatic carbocycles. The Kier molecular flexibility index (Phi) is 5.16. The fourth-order valence-corrected chi connectivity index (χ4v) is 2.81. The van der Waals surface area contributed by atoms with Crippen LogP contribution in [0, 0.1) is 20.8 Å². The van der Waals surface area contributed by atoms with Gasteiger partial charge in [0.05, 0.1) is 21.8 Å². The number of nitrogens with zero attached hydrogens (tertiary/aromatic N) is 3. The number of rotatable bonds is 3. The molecule has 146 valence electrons. The van der Waals surface area contributed by atoms with E-state index in [2.05, 4.69) is 10.1 Å². The number of benzene rings is 1. The third-order valence-corrected chi connectivity index (χ3v) is 4.33. The highest BCUT2D eigenvalue weighted by atomic mass is 35.5. The molecule has 3 rings (SSSR count). The highest BCUT2D eigenvalue weighted by Gasteiger charge is 2.32. The number of ether oxygens (including phenoxy) is 1. The smallest absolute Gasteiger partial charge is 0.417 e. The molecule has 0 N–H and O–H groups in total. The quantitative estimate of drug-likeness (QED) is 0.566. The van der Waals surface area contributed by atoms with Crippen LogP contribution < -0.4 is 4.74 Å². The minimum atomic E-state index is -4.56. The Morgan fingerprint density at radius 3 is 2.36 bits per heavy atom. The minimum Gasteiger partial charge on any atom is -0.419 e. The summed E-state index contributed by atoms with van der Waals surface area (Å²) < 4.78 is 45.1. The summed E-state index contributed by atoms with van der Waals surface area (Å²) >= 11 is 5.99. The second-order valence-corrected chi connectivity index (χ2v) is 6.60. The van der Waals surface area contributed by atoms with Crippen molar-refractivity contribution in [2.75, 3.05) is 0 Å². The fraction of sp³-hybridized carbons (Fsp3) is 0.211. The van der Waals surface area contributed by atoms with Crippen LogP contribution in [0.15, 0.2) is 36.5 Å². The molecule has 9 heteroatoms. The van der Waals surface area contributed by atoms with Gasteiger partial charge in [0.25, 0.3) is 0 Å². The van der Waals surface area contributed by atoms with E-state index in [1.54, 1.807) is 38.1 Å². The fourth-order valence-electron chi connectivity index (χ4n) is 2.57. The topological polar surface area (TPSA) is 57.0 Å². The molecule has 0 unspecified atom stereocenters. The summed E-state index contributed by atoms with van der Waals surface area (Å²) in [6.07, 6.45) is -3.88. The molecule has 0 saturated heterocycles. The Labute approximate surface area is 163 Å². The van der Waals surface area contributed by atoms with Crippen LogP contribution in [0.4, 0.5) is 13.2 Å². The van der Waals surface area contributed by atoms with Crippen molar-refractivity contribution >= 4 is 17.6 Å². The molecule has 0 saturated carbocycles. The van der Waals surface area contributed by atoms with Crippen molar-refractivity contribution < 1.29 is 22.7 Å². The average molecular weight is 410 g/mol. The van der Waals surface area contributed by atoms with E-state index >= 15 is 0 Å².